The van der Waals surface area contributed by atoms with Gasteiger partial charge >= 0.3 is 0 Å². The van der Waals surface area contributed by atoms with Crippen LogP contribution in [0.15, 0.2) is 30.3 Å². The largest absolute Gasteiger partial charge is 0.496 e. The molecule has 0 spiro atoms. The van der Waals surface area contributed by atoms with Crippen molar-refractivity contribution in [2.45, 2.75) is 33.6 Å². The third-order valence-electron chi connectivity index (χ3n) is 3.96. The van der Waals surface area contributed by atoms with Gasteiger partial charge in [0, 0.05) is 18.8 Å². The highest BCUT2D eigenvalue weighted by Crippen LogP contribution is 2.17. The van der Waals surface area contributed by atoms with Crippen molar-refractivity contribution in [1.82, 2.24) is 15.3 Å². The summed E-state index contributed by atoms with van der Waals surface area (Å²) in [4.78, 5) is 21.1. The summed E-state index contributed by atoms with van der Waals surface area (Å²) in [5.41, 5.74) is 2.21. The molecule has 0 unspecified atom stereocenters. The molecule has 2 N–H and O–H groups in total. The van der Waals surface area contributed by atoms with Gasteiger partial charge < -0.3 is 15.4 Å². The molecule has 6 nitrogen and oxygen atoms in total. The van der Waals surface area contributed by atoms with Crippen molar-refractivity contribution in [3.8, 4) is 5.75 Å². The van der Waals surface area contributed by atoms with E-state index in [2.05, 4.69) is 34.4 Å². The Morgan fingerprint density at radius 3 is 2.69 bits per heavy atom. The molecule has 0 radical (unpaired) electrons. The maximum Gasteiger partial charge on any atom is 0.270 e. The number of nitrogens with zero attached hydrogens (tertiary/aromatic N) is 2. The highest BCUT2D eigenvalue weighted by atomic mass is 16.5. The second kappa shape index (κ2) is 9.75. The number of methoxy groups -OCH3 is 1. The second-order valence-electron chi connectivity index (χ2n) is 6.65. The van der Waals surface area contributed by atoms with Gasteiger partial charge in [-0.3, -0.25) is 4.79 Å². The molecule has 0 aliphatic rings. The van der Waals surface area contributed by atoms with Crippen LogP contribution in [-0.4, -0.2) is 36.1 Å². The number of anilines is 1. The van der Waals surface area contributed by atoms with Gasteiger partial charge in [-0.05, 0) is 43.4 Å². The van der Waals surface area contributed by atoms with Crippen molar-refractivity contribution in [3.63, 3.8) is 0 Å². The fourth-order valence-electron chi connectivity index (χ4n) is 2.55. The highest BCUT2D eigenvalue weighted by molar-refractivity contribution is 5.92. The zero-order valence-corrected chi connectivity index (χ0v) is 16.0. The number of hydrogen-bond acceptors (Lipinski definition) is 5. The topological polar surface area (TPSA) is 76.1 Å². The first kappa shape index (κ1) is 19.7. The van der Waals surface area contributed by atoms with E-state index in [-0.39, 0.29) is 5.91 Å². The van der Waals surface area contributed by atoms with Crippen LogP contribution in [0.2, 0.25) is 0 Å². The lowest BCUT2D eigenvalue weighted by molar-refractivity contribution is 0.0949. The number of benzene rings is 1. The van der Waals surface area contributed by atoms with E-state index in [1.54, 1.807) is 13.2 Å². The Morgan fingerprint density at radius 1 is 1.19 bits per heavy atom. The summed E-state index contributed by atoms with van der Waals surface area (Å²) in [6, 6.07) is 9.50. The van der Waals surface area contributed by atoms with Crippen molar-refractivity contribution in [3.05, 3.63) is 47.3 Å². The maximum atomic E-state index is 12.4. The van der Waals surface area contributed by atoms with Crippen LogP contribution in [0, 0.1) is 12.8 Å². The van der Waals surface area contributed by atoms with Gasteiger partial charge in [0.25, 0.3) is 5.91 Å². The molecular weight excluding hydrogens is 328 g/mol. The Balaban J connectivity index is 1.93. The van der Waals surface area contributed by atoms with Crippen molar-refractivity contribution in [2.75, 3.05) is 25.5 Å². The minimum Gasteiger partial charge on any atom is -0.496 e. The lowest BCUT2D eigenvalue weighted by Crippen LogP contribution is -2.27. The molecule has 0 fully saturated rings. The summed E-state index contributed by atoms with van der Waals surface area (Å²) in [6.45, 7) is 7.49. The van der Waals surface area contributed by atoms with Gasteiger partial charge in [-0.15, -0.1) is 0 Å². The number of rotatable bonds is 9. The Labute approximate surface area is 155 Å². The molecule has 1 aromatic carbocycles. The number of aryl methyl sites for hydroxylation is 1. The van der Waals surface area contributed by atoms with Gasteiger partial charge in [0.15, 0.2) is 0 Å². The average molecular weight is 356 g/mol. The van der Waals surface area contributed by atoms with Crippen LogP contribution in [0.5, 0.6) is 5.75 Å². The Morgan fingerprint density at radius 2 is 1.96 bits per heavy atom. The minimum absolute atomic E-state index is 0.197. The molecule has 1 amide bonds. The van der Waals surface area contributed by atoms with E-state index in [1.807, 2.05) is 31.2 Å². The van der Waals surface area contributed by atoms with Gasteiger partial charge in [-0.2, -0.15) is 0 Å². The number of nitrogens with one attached hydrogen (secondary N) is 2. The van der Waals surface area contributed by atoms with Gasteiger partial charge in [-0.25, -0.2) is 9.97 Å². The molecule has 0 bridgehead atoms. The Bertz CT molecular complexity index is 732. The molecule has 2 rings (SSSR count). The van der Waals surface area contributed by atoms with E-state index in [1.165, 1.54) is 0 Å². The molecule has 1 heterocycles. The first-order valence-electron chi connectivity index (χ1n) is 8.99. The summed E-state index contributed by atoms with van der Waals surface area (Å²) in [6.07, 6.45) is 1.72. The van der Waals surface area contributed by atoms with Gasteiger partial charge in [0.2, 0.25) is 5.95 Å². The zero-order chi connectivity index (χ0) is 18.9. The summed E-state index contributed by atoms with van der Waals surface area (Å²) in [7, 11) is 1.65. The molecular formula is C20H28N4O2. The van der Waals surface area contributed by atoms with Crippen molar-refractivity contribution in [2.24, 2.45) is 5.92 Å². The van der Waals surface area contributed by atoms with E-state index < -0.39 is 0 Å². The minimum atomic E-state index is -0.197. The van der Waals surface area contributed by atoms with Crippen LogP contribution < -0.4 is 15.4 Å². The fraction of sp³-hybridized carbons (Fsp3) is 0.450. The van der Waals surface area contributed by atoms with E-state index in [9.17, 15) is 4.79 Å². The van der Waals surface area contributed by atoms with E-state index in [0.717, 1.165) is 30.0 Å². The van der Waals surface area contributed by atoms with Crippen molar-refractivity contribution >= 4 is 11.9 Å². The molecule has 0 aliphatic carbocycles. The lowest BCUT2D eigenvalue weighted by atomic mass is 10.1. The average Bonchev–Trinajstić information content (AvgIpc) is 2.61. The SMILES string of the molecule is COc1ccccc1CCNC(=O)c1cc(C)nc(NCCC(C)C)n1. The molecule has 6 heteroatoms. The number of ether oxygens (including phenoxy) is 1. The van der Waals surface area contributed by atoms with Gasteiger partial charge in [-0.1, -0.05) is 32.0 Å². The van der Waals surface area contributed by atoms with Gasteiger partial charge in [0.1, 0.15) is 11.4 Å². The van der Waals surface area contributed by atoms with Crippen LogP contribution in [0.25, 0.3) is 0 Å². The van der Waals surface area contributed by atoms with Crippen molar-refractivity contribution in [1.29, 1.82) is 0 Å². The molecule has 0 saturated heterocycles. The first-order valence-corrected chi connectivity index (χ1v) is 8.99. The lowest BCUT2D eigenvalue weighted by Gasteiger charge is -2.11. The Hall–Kier alpha value is -2.63. The highest BCUT2D eigenvalue weighted by Gasteiger charge is 2.11. The molecule has 26 heavy (non-hydrogen) atoms. The van der Waals surface area contributed by atoms with Crippen LogP contribution in [-0.2, 0) is 6.42 Å². The molecule has 1 aromatic heterocycles. The monoisotopic (exact) mass is 356 g/mol. The Kier molecular flexibility index (Phi) is 7.38. The third-order valence-corrected chi connectivity index (χ3v) is 3.96. The number of hydrogen-bond donors (Lipinski definition) is 2. The van der Waals surface area contributed by atoms with E-state index in [4.69, 9.17) is 4.74 Å². The predicted octanol–water partition coefficient (Wildman–Crippen LogP) is 3.22. The number of carbonyl (C=O) groups excluding carboxylic acids is 1. The first-order chi connectivity index (χ1) is 12.5. The smallest absolute Gasteiger partial charge is 0.270 e. The van der Waals surface area contributed by atoms with Crippen LogP contribution in [0.3, 0.4) is 0 Å². The van der Waals surface area contributed by atoms with Crippen LogP contribution in [0.1, 0.15) is 42.0 Å². The molecule has 0 aliphatic heterocycles. The summed E-state index contributed by atoms with van der Waals surface area (Å²) < 4.78 is 5.33. The molecule has 0 atom stereocenters. The predicted molar refractivity (Wildman–Crippen MR) is 104 cm³/mol. The quantitative estimate of drug-likeness (QED) is 0.721. The number of amides is 1. The van der Waals surface area contributed by atoms with E-state index in [0.29, 0.717) is 30.5 Å². The van der Waals surface area contributed by atoms with E-state index >= 15 is 0 Å². The fourth-order valence-corrected chi connectivity index (χ4v) is 2.55. The van der Waals surface area contributed by atoms with Crippen LogP contribution in [0.4, 0.5) is 5.95 Å². The molecule has 2 aromatic rings. The number of aromatic nitrogens is 2. The normalized spacial score (nSPS) is 10.7. The maximum absolute atomic E-state index is 12.4. The van der Waals surface area contributed by atoms with Gasteiger partial charge in [0.05, 0.1) is 7.11 Å². The third kappa shape index (κ3) is 6.02. The molecule has 0 saturated carbocycles. The second-order valence-corrected chi connectivity index (χ2v) is 6.65. The summed E-state index contributed by atoms with van der Waals surface area (Å²) in [5, 5.41) is 6.11. The number of para-hydroxylation sites is 1. The molecule has 140 valence electrons. The van der Waals surface area contributed by atoms with Crippen molar-refractivity contribution < 1.29 is 9.53 Å². The van der Waals surface area contributed by atoms with Crippen LogP contribution >= 0.6 is 0 Å². The zero-order valence-electron chi connectivity index (χ0n) is 16.0. The standard InChI is InChI=1S/C20H28N4O2/c1-14(2)9-11-22-20-23-15(3)13-17(24-20)19(25)21-12-10-16-7-5-6-8-18(16)26-4/h5-8,13-14H,9-12H2,1-4H3,(H,21,25)(H,22,23,24). The summed E-state index contributed by atoms with van der Waals surface area (Å²) in [5.74, 6) is 1.74. The number of carbonyl (C=O) groups is 1. The summed E-state index contributed by atoms with van der Waals surface area (Å²) >= 11 is 0.